The Morgan fingerprint density at radius 3 is 2.08 bits per heavy atom. The number of hydrogen-bond donors (Lipinski definition) is 2. The highest BCUT2D eigenvalue weighted by Gasteiger charge is 2.64. The highest BCUT2D eigenvalue weighted by molar-refractivity contribution is 5.84. The molecule has 1 aromatic rings. The van der Waals surface area contributed by atoms with Gasteiger partial charge >= 0.3 is 12.4 Å². The standard InChI is InChI=1S/C14H12F7NO2/c15-9-7(2-1-3-8(9)13(16,17)18)11(4-5-11)6-12(24,10(22)23)14(19,20)21/h1-3,24H,4-6H2,(H2,22,23). The van der Waals surface area contributed by atoms with E-state index in [9.17, 15) is 40.6 Å². The lowest BCUT2D eigenvalue weighted by Gasteiger charge is -2.31. The molecule has 3 N–H and O–H groups in total. The van der Waals surface area contributed by atoms with E-state index in [1.54, 1.807) is 0 Å². The molecule has 0 radical (unpaired) electrons. The number of aliphatic hydroxyl groups is 1. The van der Waals surface area contributed by atoms with Gasteiger partial charge in [-0.15, -0.1) is 0 Å². The van der Waals surface area contributed by atoms with Gasteiger partial charge in [-0.05, 0) is 24.5 Å². The molecule has 3 nitrogen and oxygen atoms in total. The van der Waals surface area contributed by atoms with Crippen LogP contribution in [-0.4, -0.2) is 22.8 Å². The molecule has 1 unspecified atom stereocenters. The molecule has 1 aliphatic rings. The number of amides is 1. The van der Waals surface area contributed by atoms with Gasteiger partial charge < -0.3 is 10.8 Å². The summed E-state index contributed by atoms with van der Waals surface area (Å²) in [5.41, 5.74) is -3.31. The lowest BCUT2D eigenvalue weighted by Crippen LogP contribution is -2.57. The molecule has 1 aliphatic carbocycles. The number of benzene rings is 1. The number of primary amides is 1. The van der Waals surface area contributed by atoms with Crippen molar-refractivity contribution in [2.75, 3.05) is 0 Å². The topological polar surface area (TPSA) is 63.3 Å². The number of hydrogen-bond acceptors (Lipinski definition) is 2. The van der Waals surface area contributed by atoms with Crippen LogP contribution in [0.15, 0.2) is 18.2 Å². The van der Waals surface area contributed by atoms with Gasteiger partial charge in [0.2, 0.25) is 5.60 Å². The monoisotopic (exact) mass is 359 g/mol. The first kappa shape index (κ1) is 18.5. The Kier molecular flexibility index (Phi) is 4.11. The Bertz CT molecular complexity index is 664. The second kappa shape index (κ2) is 5.33. The van der Waals surface area contributed by atoms with E-state index in [-0.39, 0.29) is 12.8 Å². The molecule has 2 rings (SSSR count). The van der Waals surface area contributed by atoms with Crippen molar-refractivity contribution in [1.82, 2.24) is 0 Å². The summed E-state index contributed by atoms with van der Waals surface area (Å²) in [5, 5.41) is 9.64. The second-order valence-corrected chi connectivity index (χ2v) is 5.84. The van der Waals surface area contributed by atoms with Crippen LogP contribution in [0.3, 0.4) is 0 Å². The minimum atomic E-state index is -5.44. The van der Waals surface area contributed by atoms with E-state index in [0.717, 1.165) is 12.1 Å². The van der Waals surface area contributed by atoms with Crippen LogP contribution < -0.4 is 5.73 Å². The number of carbonyl (C=O) groups is 1. The van der Waals surface area contributed by atoms with Crippen molar-refractivity contribution >= 4 is 5.91 Å². The Morgan fingerprint density at radius 2 is 1.71 bits per heavy atom. The second-order valence-electron chi connectivity index (χ2n) is 5.84. The first-order valence-corrected chi connectivity index (χ1v) is 6.70. The highest BCUT2D eigenvalue weighted by Crippen LogP contribution is 2.56. The predicted molar refractivity (Wildman–Crippen MR) is 67.1 cm³/mol. The summed E-state index contributed by atoms with van der Waals surface area (Å²) in [7, 11) is 0. The Balaban J connectivity index is 2.48. The van der Waals surface area contributed by atoms with E-state index >= 15 is 0 Å². The third kappa shape index (κ3) is 2.94. The van der Waals surface area contributed by atoms with Crippen molar-refractivity contribution in [3.63, 3.8) is 0 Å². The maximum atomic E-state index is 14.2. The smallest absolute Gasteiger partial charge is 0.373 e. The molecule has 1 atom stereocenters. The molecule has 0 spiro atoms. The zero-order valence-corrected chi connectivity index (χ0v) is 11.9. The molecule has 134 valence electrons. The molecule has 1 fully saturated rings. The van der Waals surface area contributed by atoms with Crippen molar-refractivity contribution in [2.24, 2.45) is 5.73 Å². The van der Waals surface area contributed by atoms with E-state index in [4.69, 9.17) is 0 Å². The van der Waals surface area contributed by atoms with E-state index in [1.807, 2.05) is 0 Å². The van der Waals surface area contributed by atoms with E-state index in [2.05, 4.69) is 5.73 Å². The first-order chi connectivity index (χ1) is 10.7. The van der Waals surface area contributed by atoms with Gasteiger partial charge in [0.25, 0.3) is 5.91 Å². The van der Waals surface area contributed by atoms with Crippen LogP contribution in [-0.2, 0) is 16.4 Å². The molecule has 0 bridgehead atoms. The summed E-state index contributed by atoms with van der Waals surface area (Å²) in [6.45, 7) is 0. The van der Waals surface area contributed by atoms with Crippen molar-refractivity contribution in [3.8, 4) is 0 Å². The zero-order valence-electron chi connectivity index (χ0n) is 11.9. The summed E-state index contributed by atoms with van der Waals surface area (Å²) >= 11 is 0. The average Bonchev–Trinajstić information content (AvgIpc) is 3.16. The van der Waals surface area contributed by atoms with Crippen molar-refractivity contribution in [1.29, 1.82) is 0 Å². The summed E-state index contributed by atoms with van der Waals surface area (Å²) in [6.07, 6.45) is -12.0. The minimum absolute atomic E-state index is 0.114. The number of rotatable bonds is 4. The largest absolute Gasteiger partial charge is 0.426 e. The molecule has 0 saturated heterocycles. The molecular weight excluding hydrogens is 347 g/mol. The van der Waals surface area contributed by atoms with Gasteiger partial charge in [-0.3, -0.25) is 4.79 Å². The predicted octanol–water partition coefficient (Wildman–Crippen LogP) is 3.04. The fraction of sp³-hybridized carbons (Fsp3) is 0.500. The maximum absolute atomic E-state index is 14.2. The lowest BCUT2D eigenvalue weighted by atomic mass is 9.81. The van der Waals surface area contributed by atoms with Crippen LogP contribution in [0.4, 0.5) is 30.7 Å². The van der Waals surface area contributed by atoms with Gasteiger partial charge in [-0.25, -0.2) is 4.39 Å². The van der Waals surface area contributed by atoms with Crippen LogP contribution in [0.1, 0.15) is 30.4 Å². The first-order valence-electron chi connectivity index (χ1n) is 6.70. The minimum Gasteiger partial charge on any atom is -0.373 e. The zero-order chi connectivity index (χ0) is 18.6. The van der Waals surface area contributed by atoms with Gasteiger partial charge in [-0.2, -0.15) is 26.3 Å². The molecular formula is C14H12F7NO2. The van der Waals surface area contributed by atoms with E-state index in [0.29, 0.717) is 6.07 Å². The van der Waals surface area contributed by atoms with Crippen molar-refractivity contribution < 1.29 is 40.6 Å². The summed E-state index contributed by atoms with van der Waals surface area (Å²) in [4.78, 5) is 11.1. The summed E-state index contributed by atoms with van der Waals surface area (Å²) < 4.78 is 91.3. The number of nitrogens with two attached hydrogens (primary N) is 1. The molecule has 10 heteroatoms. The molecule has 0 heterocycles. The maximum Gasteiger partial charge on any atom is 0.426 e. The molecule has 1 saturated carbocycles. The molecule has 1 amide bonds. The fourth-order valence-corrected chi connectivity index (χ4v) is 2.67. The van der Waals surface area contributed by atoms with E-state index < -0.39 is 52.6 Å². The van der Waals surface area contributed by atoms with Gasteiger partial charge in [0.15, 0.2) is 0 Å². The van der Waals surface area contributed by atoms with Gasteiger partial charge in [0.1, 0.15) is 5.82 Å². The molecule has 24 heavy (non-hydrogen) atoms. The fourth-order valence-electron chi connectivity index (χ4n) is 2.67. The Morgan fingerprint density at radius 1 is 1.17 bits per heavy atom. The average molecular weight is 359 g/mol. The van der Waals surface area contributed by atoms with Crippen LogP contribution in [0.25, 0.3) is 0 Å². The van der Waals surface area contributed by atoms with Crippen LogP contribution in [0.5, 0.6) is 0 Å². The normalized spacial score (nSPS) is 19.7. The number of alkyl halides is 6. The van der Waals surface area contributed by atoms with Gasteiger partial charge in [-0.1, -0.05) is 12.1 Å². The van der Waals surface area contributed by atoms with Crippen LogP contribution >= 0.6 is 0 Å². The Hall–Kier alpha value is -1.84. The van der Waals surface area contributed by atoms with Crippen LogP contribution in [0, 0.1) is 5.82 Å². The van der Waals surface area contributed by atoms with Crippen molar-refractivity contribution in [3.05, 3.63) is 35.1 Å². The lowest BCUT2D eigenvalue weighted by molar-refractivity contribution is -0.254. The van der Waals surface area contributed by atoms with E-state index in [1.165, 1.54) is 0 Å². The molecule has 0 aromatic heterocycles. The van der Waals surface area contributed by atoms with Crippen molar-refractivity contribution in [2.45, 2.75) is 42.6 Å². The highest BCUT2D eigenvalue weighted by atomic mass is 19.4. The Labute approximate surface area is 131 Å². The van der Waals surface area contributed by atoms with Gasteiger partial charge in [0, 0.05) is 11.8 Å². The third-order valence-electron chi connectivity index (χ3n) is 4.20. The quantitative estimate of drug-likeness (QED) is 0.812. The molecule has 0 aliphatic heterocycles. The number of carbonyl (C=O) groups excluding carboxylic acids is 1. The van der Waals surface area contributed by atoms with Gasteiger partial charge in [0.05, 0.1) is 5.56 Å². The summed E-state index contributed by atoms with van der Waals surface area (Å²) in [5.74, 6) is -3.80. The van der Waals surface area contributed by atoms with Crippen LogP contribution in [0.2, 0.25) is 0 Å². The third-order valence-corrected chi connectivity index (χ3v) is 4.20. The molecule has 1 aromatic carbocycles. The SMILES string of the molecule is NC(=O)C(O)(CC1(c2cccc(C(F)(F)F)c2F)CC1)C(F)(F)F. The number of halogens is 7. The summed E-state index contributed by atoms with van der Waals surface area (Å²) in [6, 6.07) is 2.23.